The fraction of sp³-hybridized carbons (Fsp3) is 0.130. The van der Waals surface area contributed by atoms with Crippen LogP contribution in [0.3, 0.4) is 0 Å². The summed E-state index contributed by atoms with van der Waals surface area (Å²) in [6.45, 7) is 2.60. The lowest BCUT2D eigenvalue weighted by molar-refractivity contribution is 0.262. The van der Waals surface area contributed by atoms with Crippen LogP contribution in [-0.4, -0.2) is 22.7 Å². The van der Waals surface area contributed by atoms with Crippen molar-refractivity contribution in [1.29, 1.82) is 0 Å². The molecule has 6 nitrogen and oxygen atoms in total. The highest BCUT2D eigenvalue weighted by molar-refractivity contribution is 6.31. The smallest absolute Gasteiger partial charge is 0.323 e. The number of hydrogen-bond acceptors (Lipinski definition) is 3. The highest BCUT2D eigenvalue weighted by Gasteiger charge is 2.13. The number of halogens is 1. The van der Waals surface area contributed by atoms with Crippen LogP contribution in [0.5, 0.6) is 5.75 Å². The minimum Gasteiger partial charge on any atom is -0.495 e. The number of amides is 2. The van der Waals surface area contributed by atoms with E-state index in [0.717, 1.165) is 34.3 Å². The van der Waals surface area contributed by atoms with Crippen LogP contribution in [0.4, 0.5) is 16.2 Å². The number of benzene rings is 2. The third-order valence-corrected chi connectivity index (χ3v) is 5.30. The maximum Gasteiger partial charge on any atom is 0.323 e. The molecular formula is C23H21ClN4O2. The minimum absolute atomic E-state index is 0.373. The van der Waals surface area contributed by atoms with Gasteiger partial charge in [-0.05, 0) is 60.5 Å². The molecule has 2 amide bonds. The molecular weight excluding hydrogens is 400 g/mol. The standard InChI is InChI=1S/C23H21ClN4O2/c1-15-12-22(30-2)20(13-18(15)24)27-23(29)26-19-4-3-5-21-17(19)8-11-28(21)14-16-6-9-25-10-7-16/h3-13H,14H2,1-2H3,(H2,26,27,29). The maximum absolute atomic E-state index is 12.7. The molecule has 152 valence electrons. The lowest BCUT2D eigenvalue weighted by Crippen LogP contribution is -2.20. The molecule has 30 heavy (non-hydrogen) atoms. The molecule has 0 bridgehead atoms. The van der Waals surface area contributed by atoms with Crippen LogP contribution in [0, 0.1) is 6.92 Å². The van der Waals surface area contributed by atoms with E-state index in [0.29, 0.717) is 16.5 Å². The predicted octanol–water partition coefficient (Wildman–Crippen LogP) is 5.70. The summed E-state index contributed by atoms with van der Waals surface area (Å²) in [4.78, 5) is 16.7. The molecule has 7 heteroatoms. The van der Waals surface area contributed by atoms with Crippen LogP contribution in [0.25, 0.3) is 10.9 Å². The summed E-state index contributed by atoms with van der Waals surface area (Å²) in [6.07, 6.45) is 5.57. The van der Waals surface area contributed by atoms with Gasteiger partial charge in [-0.3, -0.25) is 4.98 Å². The van der Waals surface area contributed by atoms with Gasteiger partial charge in [0.05, 0.1) is 24.0 Å². The minimum atomic E-state index is -0.373. The summed E-state index contributed by atoms with van der Waals surface area (Å²) in [6, 6.07) is 14.9. The number of hydrogen-bond donors (Lipinski definition) is 2. The van der Waals surface area contributed by atoms with Crippen LogP contribution in [0.2, 0.25) is 5.02 Å². The number of ether oxygens (including phenoxy) is 1. The third kappa shape index (κ3) is 4.09. The van der Waals surface area contributed by atoms with E-state index >= 15 is 0 Å². The van der Waals surface area contributed by atoms with Crippen molar-refractivity contribution in [3.8, 4) is 5.75 Å². The number of carbonyl (C=O) groups is 1. The first-order valence-corrected chi connectivity index (χ1v) is 9.82. The zero-order valence-electron chi connectivity index (χ0n) is 16.6. The van der Waals surface area contributed by atoms with E-state index in [1.54, 1.807) is 31.6 Å². The summed E-state index contributed by atoms with van der Waals surface area (Å²) in [5.41, 5.74) is 4.28. The van der Waals surface area contributed by atoms with Gasteiger partial charge >= 0.3 is 6.03 Å². The SMILES string of the molecule is COc1cc(C)c(Cl)cc1NC(=O)Nc1cccc2c1ccn2Cc1ccncc1. The second-order valence-corrected chi connectivity index (χ2v) is 7.33. The number of nitrogens with one attached hydrogen (secondary N) is 2. The fourth-order valence-electron chi connectivity index (χ4n) is 3.35. The highest BCUT2D eigenvalue weighted by Crippen LogP contribution is 2.31. The van der Waals surface area contributed by atoms with Crippen LogP contribution in [-0.2, 0) is 6.54 Å². The Labute approximate surface area is 179 Å². The molecule has 2 heterocycles. The highest BCUT2D eigenvalue weighted by atomic mass is 35.5. The van der Waals surface area contributed by atoms with Gasteiger partial charge in [-0.2, -0.15) is 0 Å². The van der Waals surface area contributed by atoms with Crippen molar-refractivity contribution in [3.05, 3.63) is 83.3 Å². The molecule has 2 aromatic heterocycles. The van der Waals surface area contributed by atoms with Gasteiger partial charge in [0.25, 0.3) is 0 Å². The van der Waals surface area contributed by atoms with Gasteiger partial charge in [0.2, 0.25) is 0 Å². The Balaban J connectivity index is 1.56. The average Bonchev–Trinajstić information content (AvgIpc) is 3.15. The number of anilines is 2. The molecule has 0 fully saturated rings. The third-order valence-electron chi connectivity index (χ3n) is 4.89. The van der Waals surface area contributed by atoms with Crippen molar-refractivity contribution in [2.24, 2.45) is 0 Å². The quantitative estimate of drug-likeness (QED) is 0.435. The molecule has 0 aliphatic heterocycles. The number of aryl methyl sites for hydroxylation is 1. The normalized spacial score (nSPS) is 10.8. The van der Waals surface area contributed by atoms with E-state index in [1.165, 1.54) is 0 Å². The van der Waals surface area contributed by atoms with Crippen LogP contribution in [0.15, 0.2) is 67.1 Å². The van der Waals surface area contributed by atoms with Crippen molar-refractivity contribution >= 4 is 39.9 Å². The molecule has 0 aliphatic carbocycles. The molecule has 0 spiro atoms. The lowest BCUT2D eigenvalue weighted by atomic mass is 10.2. The second kappa shape index (κ2) is 8.47. The molecule has 2 N–H and O–H groups in total. The van der Waals surface area contributed by atoms with E-state index in [1.807, 2.05) is 49.5 Å². The summed E-state index contributed by atoms with van der Waals surface area (Å²) in [5.74, 6) is 0.550. The van der Waals surface area contributed by atoms with Crippen LogP contribution < -0.4 is 15.4 Å². The number of pyridine rings is 1. The van der Waals surface area contributed by atoms with E-state index in [2.05, 4.69) is 20.2 Å². The predicted molar refractivity (Wildman–Crippen MR) is 121 cm³/mol. The topological polar surface area (TPSA) is 68.2 Å². The zero-order valence-corrected chi connectivity index (χ0v) is 17.4. The van der Waals surface area contributed by atoms with E-state index in [9.17, 15) is 4.79 Å². The summed E-state index contributed by atoms with van der Waals surface area (Å²) in [7, 11) is 1.55. The second-order valence-electron chi connectivity index (χ2n) is 6.92. The van der Waals surface area contributed by atoms with Crippen molar-refractivity contribution in [2.75, 3.05) is 17.7 Å². The van der Waals surface area contributed by atoms with Crippen LogP contribution in [0.1, 0.15) is 11.1 Å². The van der Waals surface area contributed by atoms with Gasteiger partial charge in [0.1, 0.15) is 5.75 Å². The lowest BCUT2D eigenvalue weighted by Gasteiger charge is -2.13. The number of carbonyl (C=O) groups excluding carboxylic acids is 1. The Kier molecular flexibility index (Phi) is 5.59. The Morgan fingerprint density at radius 2 is 1.87 bits per heavy atom. The first-order chi connectivity index (χ1) is 14.5. The van der Waals surface area contributed by atoms with Gasteiger partial charge < -0.3 is 19.9 Å². The van der Waals surface area contributed by atoms with Crippen molar-refractivity contribution in [1.82, 2.24) is 9.55 Å². The van der Waals surface area contributed by atoms with Crippen molar-refractivity contribution in [2.45, 2.75) is 13.5 Å². The molecule has 0 radical (unpaired) electrons. The number of methoxy groups -OCH3 is 1. The average molecular weight is 421 g/mol. The molecule has 2 aromatic carbocycles. The number of rotatable bonds is 5. The molecule has 4 rings (SSSR count). The Morgan fingerprint density at radius 3 is 2.63 bits per heavy atom. The Morgan fingerprint density at radius 1 is 1.10 bits per heavy atom. The summed E-state index contributed by atoms with van der Waals surface area (Å²) in [5, 5.41) is 7.25. The Hall–Kier alpha value is -3.51. The molecule has 0 atom stereocenters. The summed E-state index contributed by atoms with van der Waals surface area (Å²) >= 11 is 6.20. The molecule has 0 aliphatic rings. The van der Waals surface area contributed by atoms with Gasteiger partial charge in [-0.25, -0.2) is 4.79 Å². The zero-order chi connectivity index (χ0) is 21.1. The number of urea groups is 1. The molecule has 0 saturated carbocycles. The van der Waals surface area contributed by atoms with Crippen LogP contribution >= 0.6 is 11.6 Å². The largest absolute Gasteiger partial charge is 0.495 e. The molecule has 4 aromatic rings. The van der Waals surface area contributed by atoms with E-state index in [4.69, 9.17) is 16.3 Å². The van der Waals surface area contributed by atoms with Crippen molar-refractivity contribution < 1.29 is 9.53 Å². The molecule has 0 unspecified atom stereocenters. The monoisotopic (exact) mass is 420 g/mol. The first kappa shape index (κ1) is 19.8. The maximum atomic E-state index is 12.7. The molecule has 0 saturated heterocycles. The van der Waals surface area contributed by atoms with Gasteiger partial charge in [0.15, 0.2) is 0 Å². The number of fused-ring (bicyclic) bond motifs is 1. The first-order valence-electron chi connectivity index (χ1n) is 9.44. The number of nitrogens with zero attached hydrogens (tertiary/aromatic N) is 2. The van der Waals surface area contributed by atoms with Gasteiger partial charge in [0, 0.05) is 35.5 Å². The van der Waals surface area contributed by atoms with E-state index < -0.39 is 0 Å². The van der Waals surface area contributed by atoms with Gasteiger partial charge in [-0.15, -0.1) is 0 Å². The number of aromatic nitrogens is 2. The van der Waals surface area contributed by atoms with E-state index in [-0.39, 0.29) is 6.03 Å². The fourth-order valence-corrected chi connectivity index (χ4v) is 3.52. The van der Waals surface area contributed by atoms with Gasteiger partial charge in [-0.1, -0.05) is 17.7 Å². The van der Waals surface area contributed by atoms with Crippen molar-refractivity contribution in [3.63, 3.8) is 0 Å². The Bertz CT molecular complexity index is 1200. The summed E-state index contributed by atoms with van der Waals surface area (Å²) < 4.78 is 7.49.